The summed E-state index contributed by atoms with van der Waals surface area (Å²) in [6.07, 6.45) is 0.647. The number of hydrogen-bond acceptors (Lipinski definition) is 3. The number of benzene rings is 2. The van der Waals surface area contributed by atoms with Crippen LogP contribution in [0.2, 0.25) is 0 Å². The van der Waals surface area contributed by atoms with Crippen molar-refractivity contribution < 1.29 is 9.53 Å². The first-order chi connectivity index (χ1) is 11.2. The van der Waals surface area contributed by atoms with E-state index in [9.17, 15) is 9.59 Å². The zero-order chi connectivity index (χ0) is 16.4. The van der Waals surface area contributed by atoms with Crippen molar-refractivity contribution >= 4 is 17.2 Å². The van der Waals surface area contributed by atoms with Gasteiger partial charge in [0.25, 0.3) is 5.56 Å². The Morgan fingerprint density at radius 2 is 1.78 bits per heavy atom. The lowest BCUT2D eigenvalue weighted by Crippen LogP contribution is -2.25. The number of aldehydes is 1. The summed E-state index contributed by atoms with van der Waals surface area (Å²) >= 11 is 0. The van der Waals surface area contributed by atoms with Gasteiger partial charge in [0, 0.05) is 5.39 Å². The molecule has 4 nitrogen and oxygen atoms in total. The molecule has 0 saturated carbocycles. The van der Waals surface area contributed by atoms with E-state index < -0.39 is 0 Å². The maximum absolute atomic E-state index is 12.7. The normalized spacial score (nSPS) is 10.7. The molecule has 3 aromatic rings. The highest BCUT2D eigenvalue weighted by molar-refractivity contribution is 5.90. The number of ether oxygens (including phenoxy) is 1. The summed E-state index contributed by atoms with van der Waals surface area (Å²) < 4.78 is 6.80. The third kappa shape index (κ3) is 2.63. The topological polar surface area (TPSA) is 48.3 Å². The highest BCUT2D eigenvalue weighted by Crippen LogP contribution is 2.20. The van der Waals surface area contributed by atoms with Crippen LogP contribution in [0.1, 0.15) is 21.5 Å². The Labute approximate surface area is 133 Å². The molecule has 0 atom stereocenters. The summed E-state index contributed by atoms with van der Waals surface area (Å²) in [5, 5.41) is 0.919. The van der Waals surface area contributed by atoms with Gasteiger partial charge in [-0.1, -0.05) is 30.3 Å². The SMILES string of the molecule is COc1ccc(Cn2c(=O)c(C=O)c(C)c3ccccc32)cc1. The summed E-state index contributed by atoms with van der Waals surface area (Å²) in [7, 11) is 1.61. The smallest absolute Gasteiger partial charge is 0.262 e. The Morgan fingerprint density at radius 1 is 1.09 bits per heavy atom. The van der Waals surface area contributed by atoms with Gasteiger partial charge >= 0.3 is 0 Å². The van der Waals surface area contributed by atoms with Crippen LogP contribution < -0.4 is 10.3 Å². The molecule has 4 heteroatoms. The Bertz CT molecular complexity index is 924. The standard InChI is InChI=1S/C19H17NO3/c1-13-16-5-3-4-6-18(16)20(19(22)17(13)12-21)11-14-7-9-15(23-2)10-8-14/h3-10,12H,11H2,1-2H3. The highest BCUT2D eigenvalue weighted by atomic mass is 16.5. The highest BCUT2D eigenvalue weighted by Gasteiger charge is 2.13. The van der Waals surface area contributed by atoms with Crippen molar-refractivity contribution in [2.45, 2.75) is 13.5 Å². The Hall–Kier alpha value is -2.88. The maximum atomic E-state index is 12.7. The van der Waals surface area contributed by atoms with Crippen LogP contribution in [0, 0.1) is 6.92 Å². The summed E-state index contributed by atoms with van der Waals surface area (Å²) in [6, 6.07) is 15.2. The number of carbonyl (C=O) groups excluding carboxylic acids is 1. The van der Waals surface area contributed by atoms with E-state index in [1.165, 1.54) is 0 Å². The fraction of sp³-hybridized carbons (Fsp3) is 0.158. The van der Waals surface area contributed by atoms with E-state index in [4.69, 9.17) is 4.74 Å². The number of methoxy groups -OCH3 is 1. The van der Waals surface area contributed by atoms with Gasteiger partial charge in [-0.3, -0.25) is 9.59 Å². The van der Waals surface area contributed by atoms with Crippen LogP contribution >= 0.6 is 0 Å². The first-order valence-corrected chi connectivity index (χ1v) is 7.36. The average Bonchev–Trinajstić information content (AvgIpc) is 2.59. The summed E-state index contributed by atoms with van der Waals surface area (Å²) in [4.78, 5) is 24.0. The van der Waals surface area contributed by atoms with Crippen molar-refractivity contribution in [2.24, 2.45) is 0 Å². The van der Waals surface area contributed by atoms with E-state index in [0.717, 1.165) is 27.8 Å². The molecule has 1 heterocycles. The fourth-order valence-electron chi connectivity index (χ4n) is 2.80. The number of para-hydroxylation sites is 1. The molecule has 0 radical (unpaired) electrons. The van der Waals surface area contributed by atoms with Gasteiger partial charge in [0.2, 0.25) is 0 Å². The second-order valence-corrected chi connectivity index (χ2v) is 5.41. The number of aromatic nitrogens is 1. The molecular formula is C19H17NO3. The van der Waals surface area contributed by atoms with Gasteiger partial charge in [-0.25, -0.2) is 0 Å². The molecule has 0 fully saturated rings. The predicted octanol–water partition coefficient (Wildman–Crippen LogP) is 3.18. The van der Waals surface area contributed by atoms with E-state index in [2.05, 4.69) is 0 Å². The van der Waals surface area contributed by atoms with E-state index in [1.807, 2.05) is 55.5 Å². The first kappa shape index (κ1) is 15.0. The van der Waals surface area contributed by atoms with Gasteiger partial charge in [0.1, 0.15) is 5.75 Å². The lowest BCUT2D eigenvalue weighted by Gasteiger charge is -2.14. The number of nitrogens with zero attached hydrogens (tertiary/aromatic N) is 1. The van der Waals surface area contributed by atoms with Gasteiger partial charge in [-0.2, -0.15) is 0 Å². The molecule has 0 N–H and O–H groups in total. The third-order valence-electron chi connectivity index (χ3n) is 4.10. The number of aryl methyl sites for hydroxylation is 1. The van der Waals surface area contributed by atoms with Crippen LogP contribution in [0.3, 0.4) is 0 Å². The molecule has 0 aliphatic carbocycles. The van der Waals surface area contributed by atoms with Crippen LogP contribution in [0.15, 0.2) is 53.3 Å². The lowest BCUT2D eigenvalue weighted by molar-refractivity contribution is 0.112. The van der Waals surface area contributed by atoms with Crippen molar-refractivity contribution in [2.75, 3.05) is 7.11 Å². The quantitative estimate of drug-likeness (QED) is 0.696. The van der Waals surface area contributed by atoms with Crippen LogP contribution in [0.5, 0.6) is 5.75 Å². The fourth-order valence-corrected chi connectivity index (χ4v) is 2.80. The predicted molar refractivity (Wildman–Crippen MR) is 90.4 cm³/mol. The molecule has 0 bridgehead atoms. The minimum atomic E-state index is -0.257. The van der Waals surface area contributed by atoms with Gasteiger partial charge in [0.15, 0.2) is 6.29 Å². The Kier molecular flexibility index (Phi) is 3.98. The maximum Gasteiger partial charge on any atom is 0.262 e. The molecule has 0 amide bonds. The number of hydrogen-bond donors (Lipinski definition) is 0. The first-order valence-electron chi connectivity index (χ1n) is 7.36. The molecule has 23 heavy (non-hydrogen) atoms. The average molecular weight is 307 g/mol. The summed E-state index contributed by atoms with van der Waals surface area (Å²) in [5.74, 6) is 0.767. The molecule has 1 aromatic heterocycles. The van der Waals surface area contributed by atoms with E-state index >= 15 is 0 Å². The number of pyridine rings is 1. The van der Waals surface area contributed by atoms with Crippen LogP contribution in [0.4, 0.5) is 0 Å². The largest absolute Gasteiger partial charge is 0.497 e. The summed E-state index contributed by atoms with van der Waals surface area (Å²) in [6.45, 7) is 2.22. The van der Waals surface area contributed by atoms with E-state index in [-0.39, 0.29) is 11.1 Å². The van der Waals surface area contributed by atoms with E-state index in [0.29, 0.717) is 12.8 Å². The molecule has 0 aliphatic heterocycles. The lowest BCUT2D eigenvalue weighted by atomic mass is 10.0. The van der Waals surface area contributed by atoms with Crippen LogP contribution in [-0.4, -0.2) is 18.0 Å². The molecule has 0 aliphatic rings. The second-order valence-electron chi connectivity index (χ2n) is 5.41. The van der Waals surface area contributed by atoms with Gasteiger partial charge in [-0.15, -0.1) is 0 Å². The molecule has 116 valence electrons. The minimum absolute atomic E-state index is 0.220. The Balaban J connectivity index is 2.19. The van der Waals surface area contributed by atoms with Gasteiger partial charge < -0.3 is 9.30 Å². The molecule has 2 aromatic carbocycles. The van der Waals surface area contributed by atoms with Crippen molar-refractivity contribution in [1.82, 2.24) is 4.57 Å². The molecule has 0 saturated heterocycles. The number of rotatable bonds is 4. The van der Waals surface area contributed by atoms with Crippen molar-refractivity contribution in [3.63, 3.8) is 0 Å². The zero-order valence-corrected chi connectivity index (χ0v) is 13.1. The molecular weight excluding hydrogens is 290 g/mol. The molecule has 0 spiro atoms. The Morgan fingerprint density at radius 3 is 2.43 bits per heavy atom. The van der Waals surface area contributed by atoms with Crippen molar-refractivity contribution in [3.05, 3.63) is 75.6 Å². The third-order valence-corrected chi connectivity index (χ3v) is 4.10. The van der Waals surface area contributed by atoms with Gasteiger partial charge in [0.05, 0.1) is 24.7 Å². The minimum Gasteiger partial charge on any atom is -0.497 e. The van der Waals surface area contributed by atoms with Crippen LogP contribution in [0.25, 0.3) is 10.9 Å². The van der Waals surface area contributed by atoms with E-state index in [1.54, 1.807) is 11.7 Å². The van der Waals surface area contributed by atoms with Crippen LogP contribution in [-0.2, 0) is 6.54 Å². The van der Waals surface area contributed by atoms with Crippen molar-refractivity contribution in [3.8, 4) is 5.75 Å². The number of carbonyl (C=O) groups is 1. The van der Waals surface area contributed by atoms with Gasteiger partial charge in [-0.05, 0) is 36.2 Å². The zero-order valence-electron chi connectivity index (χ0n) is 13.1. The van der Waals surface area contributed by atoms with Crippen molar-refractivity contribution in [1.29, 1.82) is 0 Å². The summed E-state index contributed by atoms with van der Waals surface area (Å²) in [5.41, 5.74) is 2.49. The second kappa shape index (κ2) is 6.08. The molecule has 3 rings (SSSR count). The molecule has 0 unspecified atom stereocenters. The number of fused-ring (bicyclic) bond motifs is 1. The monoisotopic (exact) mass is 307 g/mol.